The van der Waals surface area contributed by atoms with Crippen molar-refractivity contribution in [3.05, 3.63) is 23.8 Å². The van der Waals surface area contributed by atoms with Crippen LogP contribution < -0.4 is 10.2 Å². The summed E-state index contributed by atoms with van der Waals surface area (Å²) in [5, 5.41) is 2.93. The van der Waals surface area contributed by atoms with Gasteiger partial charge >= 0.3 is 0 Å². The molecule has 158 valence electrons. The Morgan fingerprint density at radius 3 is 2.18 bits per heavy atom. The third-order valence-electron chi connectivity index (χ3n) is 4.97. The molecule has 2 amide bonds. The van der Waals surface area contributed by atoms with Gasteiger partial charge in [-0.2, -0.15) is 0 Å². The van der Waals surface area contributed by atoms with Gasteiger partial charge in [-0.1, -0.05) is 41.5 Å². The average Bonchev–Trinajstić information content (AvgIpc) is 2.57. The summed E-state index contributed by atoms with van der Waals surface area (Å²) in [6.45, 7) is 15.0. The summed E-state index contributed by atoms with van der Waals surface area (Å²) in [5.41, 5.74) is 2.80. The van der Waals surface area contributed by atoms with E-state index in [1.165, 1.54) is 0 Å². The van der Waals surface area contributed by atoms with Gasteiger partial charge < -0.3 is 15.1 Å². The first-order valence-electron chi connectivity index (χ1n) is 10.2. The minimum Gasteiger partial charge on any atom is -0.377 e. The summed E-state index contributed by atoms with van der Waals surface area (Å²) in [6, 6.07) is 6.04. The van der Waals surface area contributed by atoms with Crippen molar-refractivity contribution in [2.24, 2.45) is 11.3 Å². The van der Waals surface area contributed by atoms with Crippen molar-refractivity contribution in [2.45, 2.75) is 73.9 Å². The fraction of sp³-hybridized carbons (Fsp3) is 0.652. The fourth-order valence-corrected chi connectivity index (χ4v) is 3.03. The second kappa shape index (κ2) is 9.94. The van der Waals surface area contributed by atoms with E-state index in [0.717, 1.165) is 16.9 Å². The van der Waals surface area contributed by atoms with Crippen LogP contribution in [0.2, 0.25) is 0 Å². The number of nitrogens with zero attached hydrogens (tertiary/aromatic N) is 2. The minimum atomic E-state index is -0.0621. The van der Waals surface area contributed by atoms with Gasteiger partial charge in [-0.15, -0.1) is 0 Å². The Morgan fingerprint density at radius 2 is 1.71 bits per heavy atom. The minimum absolute atomic E-state index is 0.0141. The number of anilines is 2. The molecule has 0 unspecified atom stereocenters. The highest BCUT2D eigenvalue weighted by Gasteiger charge is 2.27. The van der Waals surface area contributed by atoms with Crippen LogP contribution >= 0.6 is 0 Å². The Morgan fingerprint density at radius 1 is 1.11 bits per heavy atom. The van der Waals surface area contributed by atoms with E-state index in [9.17, 15) is 9.59 Å². The molecule has 5 heteroatoms. The smallest absolute Gasteiger partial charge is 0.224 e. The second-order valence-corrected chi connectivity index (χ2v) is 9.38. The van der Waals surface area contributed by atoms with Gasteiger partial charge in [-0.3, -0.25) is 9.59 Å². The van der Waals surface area contributed by atoms with Gasteiger partial charge in [0.25, 0.3) is 0 Å². The average molecular weight is 390 g/mol. The molecule has 28 heavy (non-hydrogen) atoms. The van der Waals surface area contributed by atoms with E-state index < -0.39 is 0 Å². The zero-order valence-electron chi connectivity index (χ0n) is 19.2. The van der Waals surface area contributed by atoms with E-state index in [4.69, 9.17) is 0 Å². The number of amides is 2. The fourth-order valence-electron chi connectivity index (χ4n) is 3.03. The molecule has 0 aliphatic heterocycles. The highest BCUT2D eigenvalue weighted by Crippen LogP contribution is 2.28. The standard InChI is InChI=1S/C23H39N3O2/c1-10-21(27)24-19-11-12-20(25(8)9)18(13-19)15-26(17(4)16(2)3)22(28)14-23(5,6)7/h11-13,16-17H,10,14-15H2,1-9H3,(H,24,27)/t17-/m0/s1. The van der Waals surface area contributed by atoms with Crippen molar-refractivity contribution in [1.29, 1.82) is 0 Å². The first-order valence-corrected chi connectivity index (χ1v) is 10.2. The van der Waals surface area contributed by atoms with Gasteiger partial charge in [-0.05, 0) is 42.0 Å². The molecule has 1 rings (SSSR count). The molecule has 0 aliphatic carbocycles. The Balaban J connectivity index is 3.28. The Kier molecular flexibility index (Phi) is 8.52. The largest absolute Gasteiger partial charge is 0.377 e. The molecular weight excluding hydrogens is 350 g/mol. The van der Waals surface area contributed by atoms with E-state index in [1.807, 2.05) is 49.0 Å². The maximum Gasteiger partial charge on any atom is 0.224 e. The van der Waals surface area contributed by atoms with Gasteiger partial charge in [0.2, 0.25) is 11.8 Å². The highest BCUT2D eigenvalue weighted by atomic mass is 16.2. The van der Waals surface area contributed by atoms with Crippen LogP contribution in [0.4, 0.5) is 11.4 Å². The van der Waals surface area contributed by atoms with Crippen LogP contribution in [0.25, 0.3) is 0 Å². The zero-order chi connectivity index (χ0) is 21.6. The van der Waals surface area contributed by atoms with Crippen LogP contribution in [-0.2, 0) is 16.1 Å². The maximum atomic E-state index is 13.1. The Hall–Kier alpha value is -2.04. The van der Waals surface area contributed by atoms with Crippen molar-refractivity contribution in [3.8, 4) is 0 Å². The molecule has 0 aromatic heterocycles. The molecule has 5 nitrogen and oxygen atoms in total. The topological polar surface area (TPSA) is 52.7 Å². The Labute approximate surface area is 171 Å². The molecule has 0 fully saturated rings. The van der Waals surface area contributed by atoms with Crippen LogP contribution in [0.1, 0.15) is 66.9 Å². The van der Waals surface area contributed by atoms with Crippen LogP contribution in [0.3, 0.4) is 0 Å². The van der Waals surface area contributed by atoms with E-state index in [2.05, 4.69) is 46.9 Å². The van der Waals surface area contributed by atoms with E-state index in [1.54, 1.807) is 0 Å². The van der Waals surface area contributed by atoms with Crippen LogP contribution in [0.15, 0.2) is 18.2 Å². The molecule has 1 aromatic rings. The maximum absolute atomic E-state index is 13.1. The summed E-state index contributed by atoms with van der Waals surface area (Å²) in [7, 11) is 3.99. The normalized spacial score (nSPS) is 12.6. The van der Waals surface area contributed by atoms with Gasteiger partial charge in [-0.25, -0.2) is 0 Å². The van der Waals surface area contributed by atoms with Gasteiger partial charge in [0.15, 0.2) is 0 Å². The summed E-state index contributed by atoms with van der Waals surface area (Å²) in [6.07, 6.45) is 0.943. The number of carbonyl (C=O) groups is 2. The molecule has 0 radical (unpaired) electrons. The number of nitrogens with one attached hydrogen (secondary N) is 1. The third kappa shape index (κ3) is 7.17. The molecule has 1 N–H and O–H groups in total. The quantitative estimate of drug-likeness (QED) is 0.687. The zero-order valence-corrected chi connectivity index (χ0v) is 19.2. The summed E-state index contributed by atoms with van der Waals surface area (Å²) < 4.78 is 0. The lowest BCUT2D eigenvalue weighted by Gasteiger charge is -2.35. The van der Waals surface area contributed by atoms with Crippen LogP contribution in [-0.4, -0.2) is 36.9 Å². The highest BCUT2D eigenvalue weighted by molar-refractivity contribution is 5.91. The van der Waals surface area contributed by atoms with E-state index in [0.29, 0.717) is 25.3 Å². The van der Waals surface area contributed by atoms with Gasteiger partial charge in [0.1, 0.15) is 0 Å². The van der Waals surface area contributed by atoms with Crippen LogP contribution in [0, 0.1) is 11.3 Å². The first kappa shape index (κ1) is 24.0. The lowest BCUT2D eigenvalue weighted by Crippen LogP contribution is -2.42. The van der Waals surface area contributed by atoms with Crippen molar-refractivity contribution in [1.82, 2.24) is 4.90 Å². The van der Waals surface area contributed by atoms with E-state index >= 15 is 0 Å². The number of carbonyl (C=O) groups excluding carboxylic acids is 2. The first-order chi connectivity index (χ1) is 12.9. The lowest BCUT2D eigenvalue weighted by molar-refractivity contribution is -0.136. The predicted molar refractivity (Wildman–Crippen MR) is 119 cm³/mol. The predicted octanol–water partition coefficient (Wildman–Crippen LogP) is 4.91. The molecule has 0 aliphatic rings. The summed E-state index contributed by atoms with van der Waals surface area (Å²) >= 11 is 0. The lowest BCUT2D eigenvalue weighted by atomic mass is 9.90. The summed E-state index contributed by atoms with van der Waals surface area (Å²) in [4.78, 5) is 29.0. The second-order valence-electron chi connectivity index (χ2n) is 9.38. The molecular formula is C23H39N3O2. The van der Waals surface area contributed by atoms with Gasteiger partial charge in [0, 0.05) is 50.9 Å². The summed E-state index contributed by atoms with van der Waals surface area (Å²) in [5.74, 6) is 0.510. The molecule has 0 saturated heterocycles. The van der Waals surface area contributed by atoms with Crippen molar-refractivity contribution in [2.75, 3.05) is 24.3 Å². The third-order valence-corrected chi connectivity index (χ3v) is 4.97. The molecule has 1 aromatic carbocycles. The van der Waals surface area contributed by atoms with Crippen LogP contribution in [0.5, 0.6) is 0 Å². The van der Waals surface area contributed by atoms with Crippen molar-refractivity contribution in [3.63, 3.8) is 0 Å². The molecule has 0 bridgehead atoms. The molecule has 0 heterocycles. The number of rotatable bonds is 8. The number of hydrogen-bond donors (Lipinski definition) is 1. The SMILES string of the molecule is CCC(=O)Nc1ccc(N(C)C)c(CN(C(=O)CC(C)(C)C)[C@@H](C)C(C)C)c1. The van der Waals surface area contributed by atoms with Gasteiger partial charge in [0.05, 0.1) is 0 Å². The molecule has 1 atom stereocenters. The Bertz CT molecular complexity index is 675. The monoisotopic (exact) mass is 389 g/mol. The van der Waals surface area contributed by atoms with Crippen molar-refractivity contribution >= 4 is 23.2 Å². The van der Waals surface area contributed by atoms with E-state index in [-0.39, 0.29) is 23.3 Å². The molecule has 0 saturated carbocycles. The van der Waals surface area contributed by atoms with Crippen molar-refractivity contribution < 1.29 is 9.59 Å². The number of benzene rings is 1. The molecule has 0 spiro atoms. The number of hydrogen-bond acceptors (Lipinski definition) is 3.